The molecule has 18 heavy (non-hydrogen) atoms. The number of pyridine rings is 1. The third kappa shape index (κ3) is 2.46. The molecule has 4 nitrogen and oxygen atoms in total. The molecule has 1 fully saturated rings. The van der Waals surface area contributed by atoms with Crippen molar-refractivity contribution >= 4 is 5.69 Å². The molecule has 1 aromatic heterocycles. The minimum Gasteiger partial charge on any atom is -0.367 e. The van der Waals surface area contributed by atoms with Crippen molar-refractivity contribution in [1.82, 2.24) is 4.98 Å². The van der Waals surface area contributed by atoms with E-state index in [1.54, 1.807) is 12.3 Å². The highest BCUT2D eigenvalue weighted by Crippen LogP contribution is 2.32. The lowest BCUT2D eigenvalue weighted by Gasteiger charge is -2.33. The van der Waals surface area contributed by atoms with Crippen molar-refractivity contribution in [3.8, 4) is 6.07 Å². The van der Waals surface area contributed by atoms with Crippen molar-refractivity contribution in [2.75, 3.05) is 18.0 Å². The lowest BCUT2D eigenvalue weighted by Crippen LogP contribution is -2.40. The predicted octanol–water partition coefficient (Wildman–Crippen LogP) is 1.91. The Bertz CT molecular complexity index is 420. The first-order valence-electron chi connectivity index (χ1n) is 6.63. The van der Waals surface area contributed by atoms with E-state index in [9.17, 15) is 0 Å². The summed E-state index contributed by atoms with van der Waals surface area (Å²) in [6, 6.07) is 6.34. The fourth-order valence-electron chi connectivity index (χ4n) is 2.93. The van der Waals surface area contributed by atoms with E-state index in [1.165, 1.54) is 19.3 Å². The zero-order chi connectivity index (χ0) is 13.0. The number of nitrogens with zero attached hydrogens (tertiary/aromatic N) is 3. The van der Waals surface area contributed by atoms with E-state index in [0.717, 1.165) is 18.8 Å². The highest BCUT2D eigenvalue weighted by atomic mass is 15.2. The highest BCUT2D eigenvalue weighted by Gasteiger charge is 2.30. The molecule has 1 saturated carbocycles. The Morgan fingerprint density at radius 2 is 2.33 bits per heavy atom. The molecule has 4 heteroatoms. The number of anilines is 1. The van der Waals surface area contributed by atoms with Gasteiger partial charge in [-0.15, -0.1) is 0 Å². The Morgan fingerprint density at radius 3 is 2.89 bits per heavy atom. The Labute approximate surface area is 108 Å². The molecule has 2 atom stereocenters. The average molecular weight is 244 g/mol. The maximum absolute atomic E-state index is 8.77. The second-order valence-electron chi connectivity index (χ2n) is 4.79. The molecular weight excluding hydrogens is 224 g/mol. The minimum absolute atomic E-state index is 0.469. The molecule has 0 aromatic carbocycles. The zero-order valence-corrected chi connectivity index (χ0v) is 10.8. The van der Waals surface area contributed by atoms with Crippen LogP contribution in [0.3, 0.4) is 0 Å². The summed E-state index contributed by atoms with van der Waals surface area (Å²) in [5.74, 6) is 0.584. The summed E-state index contributed by atoms with van der Waals surface area (Å²) in [5.41, 5.74) is 7.42. The normalized spacial score (nSPS) is 22.7. The smallest absolute Gasteiger partial charge is 0.140 e. The number of aromatic nitrogens is 1. The third-order valence-electron chi connectivity index (χ3n) is 3.86. The van der Waals surface area contributed by atoms with Crippen LogP contribution in [0.25, 0.3) is 0 Å². The first-order chi connectivity index (χ1) is 8.80. The third-order valence-corrected chi connectivity index (χ3v) is 3.86. The van der Waals surface area contributed by atoms with E-state index in [0.29, 0.717) is 17.7 Å². The summed E-state index contributed by atoms with van der Waals surface area (Å²) in [6.45, 7) is 3.86. The van der Waals surface area contributed by atoms with Crippen molar-refractivity contribution in [3.05, 3.63) is 24.0 Å². The summed E-state index contributed by atoms with van der Waals surface area (Å²) in [5, 5.41) is 8.77. The van der Waals surface area contributed by atoms with Gasteiger partial charge in [-0.1, -0.05) is 6.42 Å². The van der Waals surface area contributed by atoms with Gasteiger partial charge in [0.05, 0.1) is 11.9 Å². The molecule has 1 aromatic rings. The van der Waals surface area contributed by atoms with Gasteiger partial charge in [0, 0.05) is 12.6 Å². The van der Waals surface area contributed by atoms with Crippen molar-refractivity contribution < 1.29 is 0 Å². The quantitative estimate of drug-likeness (QED) is 0.878. The second-order valence-corrected chi connectivity index (χ2v) is 4.79. The SMILES string of the molecule is CCN(c1ccc(C#N)nc1)C1CCCC1CN. The van der Waals surface area contributed by atoms with Gasteiger partial charge in [0.1, 0.15) is 11.8 Å². The van der Waals surface area contributed by atoms with Crippen molar-refractivity contribution in [2.24, 2.45) is 11.7 Å². The van der Waals surface area contributed by atoms with Crippen LogP contribution >= 0.6 is 0 Å². The predicted molar refractivity (Wildman–Crippen MR) is 72.2 cm³/mol. The minimum atomic E-state index is 0.469. The van der Waals surface area contributed by atoms with Crippen molar-refractivity contribution in [2.45, 2.75) is 32.2 Å². The van der Waals surface area contributed by atoms with E-state index in [1.807, 2.05) is 6.07 Å². The lowest BCUT2D eigenvalue weighted by molar-refractivity contribution is 0.461. The van der Waals surface area contributed by atoms with E-state index in [-0.39, 0.29) is 0 Å². The van der Waals surface area contributed by atoms with Gasteiger partial charge in [-0.25, -0.2) is 4.98 Å². The number of hydrogen-bond acceptors (Lipinski definition) is 4. The summed E-state index contributed by atoms with van der Waals surface area (Å²) in [4.78, 5) is 6.53. The highest BCUT2D eigenvalue weighted by molar-refractivity contribution is 5.47. The molecule has 2 N–H and O–H groups in total. The molecule has 0 amide bonds. The van der Waals surface area contributed by atoms with Crippen LogP contribution in [0.5, 0.6) is 0 Å². The van der Waals surface area contributed by atoms with E-state index in [2.05, 4.69) is 22.9 Å². The van der Waals surface area contributed by atoms with E-state index >= 15 is 0 Å². The van der Waals surface area contributed by atoms with Crippen LogP contribution in [0.2, 0.25) is 0 Å². The summed E-state index contributed by atoms with van der Waals surface area (Å²) in [7, 11) is 0. The van der Waals surface area contributed by atoms with Crippen LogP contribution in [-0.4, -0.2) is 24.1 Å². The van der Waals surface area contributed by atoms with Crippen molar-refractivity contribution in [3.63, 3.8) is 0 Å². The Morgan fingerprint density at radius 1 is 1.50 bits per heavy atom. The van der Waals surface area contributed by atoms with E-state index < -0.39 is 0 Å². The Balaban J connectivity index is 2.19. The summed E-state index contributed by atoms with van der Waals surface area (Å²) < 4.78 is 0. The number of nitrogens with two attached hydrogens (primary N) is 1. The van der Waals surface area contributed by atoms with Gasteiger partial charge >= 0.3 is 0 Å². The molecule has 2 unspecified atom stereocenters. The molecule has 0 radical (unpaired) electrons. The maximum atomic E-state index is 8.77. The van der Waals surface area contributed by atoms with Crippen LogP contribution in [0.15, 0.2) is 18.3 Å². The molecule has 1 heterocycles. The first kappa shape index (κ1) is 12.8. The van der Waals surface area contributed by atoms with Crippen LogP contribution in [-0.2, 0) is 0 Å². The Kier molecular flexibility index (Phi) is 4.16. The zero-order valence-electron chi connectivity index (χ0n) is 10.8. The lowest BCUT2D eigenvalue weighted by atomic mass is 10.0. The topological polar surface area (TPSA) is 65.9 Å². The number of rotatable bonds is 4. The molecule has 0 aliphatic heterocycles. The van der Waals surface area contributed by atoms with Crippen LogP contribution in [0, 0.1) is 17.2 Å². The number of nitriles is 1. The second kappa shape index (κ2) is 5.83. The standard InChI is InChI=1S/C14H20N4/c1-2-18(14-5-3-4-11(14)8-15)13-7-6-12(9-16)17-10-13/h6-7,10-11,14H,2-5,8,15H2,1H3. The average Bonchev–Trinajstić information content (AvgIpc) is 2.89. The fourth-order valence-corrected chi connectivity index (χ4v) is 2.93. The largest absolute Gasteiger partial charge is 0.367 e. The van der Waals surface area contributed by atoms with Gasteiger partial charge in [-0.05, 0) is 44.4 Å². The number of hydrogen-bond donors (Lipinski definition) is 1. The van der Waals surface area contributed by atoms with Gasteiger partial charge in [0.2, 0.25) is 0 Å². The van der Waals surface area contributed by atoms with Gasteiger partial charge in [0.25, 0.3) is 0 Å². The van der Waals surface area contributed by atoms with Gasteiger partial charge < -0.3 is 10.6 Å². The molecule has 1 aliphatic rings. The van der Waals surface area contributed by atoms with Gasteiger partial charge in [-0.3, -0.25) is 0 Å². The molecule has 96 valence electrons. The molecule has 0 spiro atoms. The summed E-state index contributed by atoms with van der Waals surface area (Å²) in [6.07, 6.45) is 5.48. The molecule has 0 saturated heterocycles. The van der Waals surface area contributed by atoms with E-state index in [4.69, 9.17) is 11.0 Å². The fraction of sp³-hybridized carbons (Fsp3) is 0.571. The van der Waals surface area contributed by atoms with Crippen LogP contribution in [0.1, 0.15) is 31.9 Å². The summed E-state index contributed by atoms with van der Waals surface area (Å²) >= 11 is 0. The maximum Gasteiger partial charge on any atom is 0.140 e. The van der Waals surface area contributed by atoms with Gasteiger partial charge in [0.15, 0.2) is 0 Å². The Hall–Kier alpha value is -1.60. The van der Waals surface area contributed by atoms with Crippen LogP contribution < -0.4 is 10.6 Å². The molecule has 2 rings (SSSR count). The molecule has 0 bridgehead atoms. The van der Waals surface area contributed by atoms with Crippen LogP contribution in [0.4, 0.5) is 5.69 Å². The molecular formula is C14H20N4. The first-order valence-corrected chi connectivity index (χ1v) is 6.63. The molecule has 1 aliphatic carbocycles. The van der Waals surface area contributed by atoms with Crippen molar-refractivity contribution in [1.29, 1.82) is 5.26 Å². The van der Waals surface area contributed by atoms with Gasteiger partial charge in [-0.2, -0.15) is 5.26 Å². The monoisotopic (exact) mass is 244 g/mol.